The predicted octanol–water partition coefficient (Wildman–Crippen LogP) is 0.823. The Kier molecular flexibility index (Phi) is 3.74. The molecule has 0 fully saturated rings. The number of carbonyl (C=O) groups is 1. The van der Waals surface area contributed by atoms with Crippen LogP contribution in [-0.4, -0.2) is 24.2 Å². The summed E-state index contributed by atoms with van der Waals surface area (Å²) in [7, 11) is -3.88. The molecule has 1 aromatic heterocycles. The number of nitrogens with zero attached hydrogens (tertiary/aromatic N) is 1. The SMILES string of the molecule is NS(=O)(=O)c1cccc(NC(=O)c2ccc([N+](=O)[O-])[nH]2)c1. The van der Waals surface area contributed by atoms with Gasteiger partial charge in [0, 0.05) is 11.8 Å². The number of carbonyl (C=O) groups excluding carboxylic acids is 1. The number of primary sulfonamides is 1. The monoisotopic (exact) mass is 310 g/mol. The predicted molar refractivity (Wildman–Crippen MR) is 73.2 cm³/mol. The number of amides is 1. The minimum absolute atomic E-state index is 0.0253. The van der Waals surface area contributed by atoms with Crippen molar-refractivity contribution < 1.29 is 18.1 Å². The Labute approximate surface area is 119 Å². The lowest BCUT2D eigenvalue weighted by atomic mass is 10.3. The van der Waals surface area contributed by atoms with Crippen LogP contribution in [0, 0.1) is 10.1 Å². The van der Waals surface area contributed by atoms with Crippen molar-refractivity contribution in [3.63, 3.8) is 0 Å². The lowest BCUT2D eigenvalue weighted by molar-refractivity contribution is -0.389. The van der Waals surface area contributed by atoms with Crippen LogP contribution in [0.15, 0.2) is 41.3 Å². The average Bonchev–Trinajstić information content (AvgIpc) is 2.88. The second-order valence-electron chi connectivity index (χ2n) is 4.04. The number of benzene rings is 1. The molecule has 2 aromatic rings. The molecule has 1 aromatic carbocycles. The standard InChI is InChI=1S/C11H10N4O5S/c12-21(19,20)8-3-1-2-7(6-8)13-11(16)9-4-5-10(14-9)15(17)18/h1-6,14H,(H,13,16)(H2,12,19,20). The molecule has 2 rings (SSSR count). The van der Waals surface area contributed by atoms with Gasteiger partial charge < -0.3 is 15.4 Å². The molecule has 0 aliphatic carbocycles. The molecule has 0 unspecified atom stereocenters. The summed E-state index contributed by atoms with van der Waals surface area (Å²) in [6.07, 6.45) is 0. The third-order valence-electron chi connectivity index (χ3n) is 2.53. The summed E-state index contributed by atoms with van der Waals surface area (Å²) in [5.41, 5.74) is 0.173. The van der Waals surface area contributed by atoms with Crippen LogP contribution in [0.2, 0.25) is 0 Å². The normalized spacial score (nSPS) is 11.1. The van der Waals surface area contributed by atoms with Crippen LogP contribution in [0.5, 0.6) is 0 Å². The summed E-state index contributed by atoms with van der Waals surface area (Å²) in [4.78, 5) is 23.9. The van der Waals surface area contributed by atoms with Gasteiger partial charge in [0.15, 0.2) is 5.69 Å². The molecule has 0 saturated heterocycles. The van der Waals surface area contributed by atoms with Crippen LogP contribution < -0.4 is 10.5 Å². The molecule has 4 N–H and O–H groups in total. The van der Waals surface area contributed by atoms with Gasteiger partial charge >= 0.3 is 5.82 Å². The first kappa shape index (κ1) is 14.7. The van der Waals surface area contributed by atoms with E-state index in [2.05, 4.69) is 10.3 Å². The van der Waals surface area contributed by atoms with Crippen molar-refractivity contribution in [3.8, 4) is 0 Å². The molecule has 1 amide bonds. The van der Waals surface area contributed by atoms with Crippen LogP contribution in [0.4, 0.5) is 11.5 Å². The van der Waals surface area contributed by atoms with Crippen molar-refractivity contribution in [2.24, 2.45) is 5.14 Å². The topological polar surface area (TPSA) is 148 Å². The van der Waals surface area contributed by atoms with E-state index in [-0.39, 0.29) is 22.1 Å². The highest BCUT2D eigenvalue weighted by Gasteiger charge is 2.16. The Hall–Kier alpha value is -2.72. The molecule has 0 aliphatic heterocycles. The summed E-state index contributed by atoms with van der Waals surface area (Å²) in [6.45, 7) is 0. The molecular formula is C11H10N4O5S. The number of anilines is 1. The number of nitrogens with two attached hydrogens (primary N) is 1. The Bertz CT molecular complexity index is 812. The van der Waals surface area contributed by atoms with E-state index in [1.165, 1.54) is 30.3 Å². The molecular weight excluding hydrogens is 300 g/mol. The van der Waals surface area contributed by atoms with E-state index in [1.54, 1.807) is 0 Å². The number of rotatable bonds is 4. The van der Waals surface area contributed by atoms with Crippen LogP contribution in [0.25, 0.3) is 0 Å². The molecule has 0 aliphatic rings. The van der Waals surface area contributed by atoms with E-state index in [0.717, 1.165) is 6.07 Å². The quantitative estimate of drug-likeness (QED) is 0.564. The van der Waals surface area contributed by atoms with Gasteiger partial charge in [-0.2, -0.15) is 0 Å². The number of aromatic amines is 1. The van der Waals surface area contributed by atoms with E-state index in [9.17, 15) is 23.3 Å². The van der Waals surface area contributed by atoms with E-state index < -0.39 is 20.9 Å². The summed E-state index contributed by atoms with van der Waals surface area (Å²) < 4.78 is 22.4. The van der Waals surface area contributed by atoms with Crippen molar-refractivity contribution in [1.82, 2.24) is 4.98 Å². The third kappa shape index (κ3) is 3.43. The number of sulfonamides is 1. The molecule has 21 heavy (non-hydrogen) atoms. The summed E-state index contributed by atoms with van der Waals surface area (Å²) in [5.74, 6) is -0.965. The van der Waals surface area contributed by atoms with Crippen molar-refractivity contribution in [2.75, 3.05) is 5.32 Å². The lowest BCUT2D eigenvalue weighted by Crippen LogP contribution is -2.15. The highest BCUT2D eigenvalue weighted by atomic mass is 32.2. The van der Waals surface area contributed by atoms with Gasteiger partial charge in [-0.15, -0.1) is 0 Å². The van der Waals surface area contributed by atoms with Gasteiger partial charge in [-0.1, -0.05) is 6.07 Å². The van der Waals surface area contributed by atoms with E-state index in [0.29, 0.717) is 0 Å². The maximum Gasteiger partial charge on any atom is 0.321 e. The van der Waals surface area contributed by atoms with E-state index in [1.807, 2.05) is 0 Å². The van der Waals surface area contributed by atoms with Gasteiger partial charge in [0.2, 0.25) is 10.0 Å². The molecule has 10 heteroatoms. The summed E-state index contributed by atoms with van der Waals surface area (Å²) in [5, 5.41) is 17.9. The number of H-pyrrole nitrogens is 1. The fourth-order valence-corrected chi connectivity index (χ4v) is 2.13. The molecule has 9 nitrogen and oxygen atoms in total. The highest BCUT2D eigenvalue weighted by molar-refractivity contribution is 7.89. The second kappa shape index (κ2) is 5.34. The van der Waals surface area contributed by atoms with Gasteiger partial charge in [0.25, 0.3) is 5.91 Å². The Balaban J connectivity index is 2.21. The number of hydrogen-bond acceptors (Lipinski definition) is 5. The Morgan fingerprint density at radius 1 is 1.29 bits per heavy atom. The molecule has 0 spiro atoms. The van der Waals surface area contributed by atoms with Gasteiger partial charge in [-0.05, 0) is 29.2 Å². The zero-order valence-electron chi connectivity index (χ0n) is 10.4. The average molecular weight is 310 g/mol. The van der Waals surface area contributed by atoms with Gasteiger partial charge in [-0.25, -0.2) is 18.5 Å². The zero-order chi connectivity index (χ0) is 15.6. The van der Waals surface area contributed by atoms with E-state index >= 15 is 0 Å². The minimum Gasteiger partial charge on any atom is -0.358 e. The number of hydrogen-bond donors (Lipinski definition) is 3. The first-order valence-electron chi connectivity index (χ1n) is 5.55. The largest absolute Gasteiger partial charge is 0.358 e. The van der Waals surface area contributed by atoms with Gasteiger partial charge in [0.05, 0.1) is 4.90 Å². The zero-order valence-corrected chi connectivity index (χ0v) is 11.3. The summed E-state index contributed by atoms with van der Waals surface area (Å²) in [6, 6.07) is 7.73. The Morgan fingerprint density at radius 2 is 2.00 bits per heavy atom. The highest BCUT2D eigenvalue weighted by Crippen LogP contribution is 2.16. The van der Waals surface area contributed by atoms with Crippen LogP contribution in [0.1, 0.15) is 10.5 Å². The maximum absolute atomic E-state index is 11.9. The first-order valence-corrected chi connectivity index (χ1v) is 7.09. The molecule has 1 heterocycles. The van der Waals surface area contributed by atoms with Gasteiger partial charge in [-0.3, -0.25) is 4.79 Å². The molecule has 0 radical (unpaired) electrons. The van der Waals surface area contributed by atoms with Gasteiger partial charge in [0.1, 0.15) is 0 Å². The summed E-state index contributed by atoms with van der Waals surface area (Å²) >= 11 is 0. The first-order chi connectivity index (χ1) is 9.77. The van der Waals surface area contributed by atoms with Crippen LogP contribution in [0.3, 0.4) is 0 Å². The molecule has 0 saturated carbocycles. The number of aromatic nitrogens is 1. The maximum atomic E-state index is 11.9. The fourth-order valence-electron chi connectivity index (χ4n) is 1.57. The number of nitro groups is 1. The van der Waals surface area contributed by atoms with Crippen molar-refractivity contribution in [3.05, 3.63) is 52.2 Å². The fraction of sp³-hybridized carbons (Fsp3) is 0. The lowest BCUT2D eigenvalue weighted by Gasteiger charge is -2.04. The van der Waals surface area contributed by atoms with Crippen molar-refractivity contribution >= 4 is 27.4 Å². The van der Waals surface area contributed by atoms with Crippen molar-refractivity contribution in [1.29, 1.82) is 0 Å². The van der Waals surface area contributed by atoms with Crippen LogP contribution >= 0.6 is 0 Å². The smallest absolute Gasteiger partial charge is 0.321 e. The molecule has 0 bridgehead atoms. The Morgan fingerprint density at radius 3 is 2.57 bits per heavy atom. The van der Waals surface area contributed by atoms with Crippen LogP contribution in [-0.2, 0) is 10.0 Å². The number of nitrogens with one attached hydrogen (secondary N) is 2. The van der Waals surface area contributed by atoms with E-state index in [4.69, 9.17) is 5.14 Å². The minimum atomic E-state index is -3.88. The molecule has 0 atom stereocenters. The van der Waals surface area contributed by atoms with Crippen molar-refractivity contribution in [2.45, 2.75) is 4.90 Å². The molecule has 110 valence electrons. The third-order valence-corrected chi connectivity index (χ3v) is 3.44. The second-order valence-corrected chi connectivity index (χ2v) is 5.60.